The zero-order valence-electron chi connectivity index (χ0n) is 13.0. The van der Waals surface area contributed by atoms with Crippen molar-refractivity contribution in [3.05, 3.63) is 28.5 Å². The van der Waals surface area contributed by atoms with E-state index in [-0.39, 0.29) is 17.7 Å². The van der Waals surface area contributed by atoms with Crippen molar-refractivity contribution < 1.29 is 14.1 Å². The largest absolute Gasteiger partial charge is 0.360 e. The number of hydrogen-bond acceptors (Lipinski definition) is 6. The molecule has 122 valence electrons. The second-order valence-corrected chi connectivity index (χ2v) is 6.32. The Kier molecular flexibility index (Phi) is 4.42. The van der Waals surface area contributed by atoms with Gasteiger partial charge in [-0.05, 0) is 38.2 Å². The van der Waals surface area contributed by atoms with Crippen molar-refractivity contribution in [2.75, 3.05) is 18.4 Å². The summed E-state index contributed by atoms with van der Waals surface area (Å²) in [6.07, 6.45) is 1.29. The zero-order valence-corrected chi connectivity index (χ0v) is 13.9. The van der Waals surface area contributed by atoms with Crippen LogP contribution in [0, 0.1) is 19.8 Å². The second kappa shape index (κ2) is 6.49. The van der Waals surface area contributed by atoms with Crippen LogP contribution in [-0.4, -0.2) is 39.3 Å². The molecule has 2 aromatic heterocycles. The first-order valence-electron chi connectivity index (χ1n) is 7.49. The Bertz CT molecular complexity index is 716. The number of carbonyl (C=O) groups excluding carboxylic acids is 2. The Balaban J connectivity index is 1.55. The smallest absolute Gasteiger partial charge is 0.256 e. The lowest BCUT2D eigenvalue weighted by atomic mass is 9.95. The SMILES string of the molecule is Cc1cc(NC(=O)C2CCN(C(=O)c3csnc3C)CC2)no1. The molecule has 1 N–H and O–H groups in total. The summed E-state index contributed by atoms with van der Waals surface area (Å²) in [6.45, 7) is 4.76. The molecule has 2 amide bonds. The van der Waals surface area contributed by atoms with Gasteiger partial charge in [0.1, 0.15) is 5.76 Å². The maximum atomic E-state index is 12.4. The number of rotatable bonds is 3. The monoisotopic (exact) mass is 334 g/mol. The number of likely N-dealkylation sites (tertiary alicyclic amines) is 1. The van der Waals surface area contributed by atoms with Gasteiger partial charge in [-0.3, -0.25) is 9.59 Å². The summed E-state index contributed by atoms with van der Waals surface area (Å²) in [4.78, 5) is 26.4. The minimum absolute atomic E-state index is 0.00207. The number of anilines is 1. The fourth-order valence-electron chi connectivity index (χ4n) is 2.67. The van der Waals surface area contributed by atoms with Crippen LogP contribution in [0.5, 0.6) is 0 Å². The van der Waals surface area contributed by atoms with E-state index in [1.807, 2.05) is 6.92 Å². The highest BCUT2D eigenvalue weighted by Crippen LogP contribution is 2.22. The third kappa shape index (κ3) is 3.42. The van der Waals surface area contributed by atoms with Crippen molar-refractivity contribution in [1.82, 2.24) is 14.4 Å². The van der Waals surface area contributed by atoms with E-state index in [9.17, 15) is 9.59 Å². The van der Waals surface area contributed by atoms with Gasteiger partial charge in [-0.25, -0.2) is 0 Å². The Morgan fingerprint density at radius 1 is 1.35 bits per heavy atom. The highest BCUT2D eigenvalue weighted by Gasteiger charge is 2.29. The predicted molar refractivity (Wildman–Crippen MR) is 85.3 cm³/mol. The van der Waals surface area contributed by atoms with E-state index < -0.39 is 0 Å². The number of amides is 2. The van der Waals surface area contributed by atoms with Crippen LogP contribution in [-0.2, 0) is 4.79 Å². The van der Waals surface area contributed by atoms with Gasteiger partial charge in [0, 0.05) is 30.5 Å². The summed E-state index contributed by atoms with van der Waals surface area (Å²) in [6, 6.07) is 1.68. The van der Waals surface area contributed by atoms with Gasteiger partial charge < -0.3 is 14.7 Å². The third-order valence-corrected chi connectivity index (χ3v) is 4.73. The van der Waals surface area contributed by atoms with Crippen molar-refractivity contribution in [3.63, 3.8) is 0 Å². The molecule has 1 fully saturated rings. The number of hydrogen-bond donors (Lipinski definition) is 1. The van der Waals surface area contributed by atoms with Crippen molar-refractivity contribution in [3.8, 4) is 0 Å². The van der Waals surface area contributed by atoms with Crippen LogP contribution < -0.4 is 5.32 Å². The highest BCUT2D eigenvalue weighted by molar-refractivity contribution is 7.03. The van der Waals surface area contributed by atoms with Crippen LogP contribution in [0.3, 0.4) is 0 Å². The molecular weight excluding hydrogens is 316 g/mol. The minimum Gasteiger partial charge on any atom is -0.360 e. The topological polar surface area (TPSA) is 88.3 Å². The molecule has 0 aliphatic carbocycles. The first kappa shape index (κ1) is 15.7. The molecule has 7 nitrogen and oxygen atoms in total. The average Bonchev–Trinajstić information content (AvgIpc) is 3.15. The molecule has 0 radical (unpaired) electrons. The van der Waals surface area contributed by atoms with Crippen LogP contribution in [0.1, 0.15) is 34.7 Å². The van der Waals surface area contributed by atoms with Crippen LogP contribution in [0.2, 0.25) is 0 Å². The van der Waals surface area contributed by atoms with Crippen LogP contribution >= 0.6 is 11.5 Å². The van der Waals surface area contributed by atoms with Gasteiger partial charge in [0.15, 0.2) is 5.82 Å². The second-order valence-electron chi connectivity index (χ2n) is 5.69. The molecule has 1 aliphatic heterocycles. The van der Waals surface area contributed by atoms with E-state index in [4.69, 9.17) is 4.52 Å². The first-order chi connectivity index (χ1) is 11.0. The Labute approximate surface area is 137 Å². The van der Waals surface area contributed by atoms with Gasteiger partial charge >= 0.3 is 0 Å². The van der Waals surface area contributed by atoms with E-state index in [1.165, 1.54) is 11.5 Å². The molecule has 23 heavy (non-hydrogen) atoms. The van der Waals surface area contributed by atoms with E-state index in [0.717, 1.165) is 5.69 Å². The molecule has 0 spiro atoms. The average molecular weight is 334 g/mol. The summed E-state index contributed by atoms with van der Waals surface area (Å²) in [5.41, 5.74) is 1.43. The molecule has 3 heterocycles. The zero-order chi connectivity index (χ0) is 16.4. The summed E-state index contributed by atoms with van der Waals surface area (Å²) in [7, 11) is 0. The van der Waals surface area contributed by atoms with Crippen LogP contribution in [0.25, 0.3) is 0 Å². The van der Waals surface area contributed by atoms with Gasteiger partial charge in [-0.2, -0.15) is 4.37 Å². The van der Waals surface area contributed by atoms with Crippen molar-refractivity contribution in [2.45, 2.75) is 26.7 Å². The molecule has 0 atom stereocenters. The summed E-state index contributed by atoms with van der Waals surface area (Å²) in [5.74, 6) is 0.908. The van der Waals surface area contributed by atoms with E-state index in [2.05, 4.69) is 14.8 Å². The lowest BCUT2D eigenvalue weighted by molar-refractivity contribution is -0.121. The molecule has 2 aromatic rings. The predicted octanol–water partition coefficient (Wildman–Crippen LogP) is 2.24. The quantitative estimate of drug-likeness (QED) is 0.930. The Morgan fingerprint density at radius 3 is 2.65 bits per heavy atom. The summed E-state index contributed by atoms with van der Waals surface area (Å²) >= 11 is 1.29. The standard InChI is InChI=1S/C15H18N4O3S/c1-9-7-13(17-22-9)16-14(20)11-3-5-19(6-4-11)15(21)12-8-23-18-10(12)2/h7-8,11H,3-6H2,1-2H3,(H,16,17,20). The number of nitrogens with one attached hydrogen (secondary N) is 1. The van der Waals surface area contributed by atoms with Gasteiger partial charge in [0.05, 0.1) is 11.3 Å². The number of piperidine rings is 1. The molecule has 0 saturated carbocycles. The molecule has 0 aromatic carbocycles. The fraction of sp³-hybridized carbons (Fsp3) is 0.467. The maximum Gasteiger partial charge on any atom is 0.256 e. The van der Waals surface area contributed by atoms with Crippen molar-refractivity contribution >= 4 is 29.2 Å². The minimum atomic E-state index is -0.113. The van der Waals surface area contributed by atoms with E-state index >= 15 is 0 Å². The van der Waals surface area contributed by atoms with Gasteiger partial charge in [-0.15, -0.1) is 0 Å². The number of carbonyl (C=O) groups is 2. The van der Waals surface area contributed by atoms with Crippen LogP contribution in [0.4, 0.5) is 5.82 Å². The van der Waals surface area contributed by atoms with Crippen LogP contribution in [0.15, 0.2) is 16.0 Å². The molecule has 3 rings (SSSR count). The summed E-state index contributed by atoms with van der Waals surface area (Å²) in [5, 5.41) is 8.30. The lowest BCUT2D eigenvalue weighted by Gasteiger charge is -2.31. The molecule has 8 heteroatoms. The molecule has 0 bridgehead atoms. The van der Waals surface area contributed by atoms with Crippen molar-refractivity contribution in [2.24, 2.45) is 5.92 Å². The van der Waals surface area contributed by atoms with E-state index in [1.54, 1.807) is 23.3 Å². The highest BCUT2D eigenvalue weighted by atomic mass is 32.1. The third-order valence-electron chi connectivity index (χ3n) is 4.01. The number of nitrogens with zero attached hydrogens (tertiary/aromatic N) is 3. The normalized spacial score (nSPS) is 15.7. The van der Waals surface area contributed by atoms with E-state index in [0.29, 0.717) is 43.1 Å². The molecule has 0 unspecified atom stereocenters. The van der Waals surface area contributed by atoms with Crippen molar-refractivity contribution in [1.29, 1.82) is 0 Å². The Hall–Kier alpha value is -2.22. The summed E-state index contributed by atoms with van der Waals surface area (Å²) < 4.78 is 9.07. The molecular formula is C15H18N4O3S. The number of aromatic nitrogens is 2. The first-order valence-corrected chi connectivity index (χ1v) is 8.32. The fourth-order valence-corrected chi connectivity index (χ4v) is 3.35. The number of aryl methyl sites for hydroxylation is 2. The molecule has 1 aliphatic rings. The Morgan fingerprint density at radius 2 is 2.09 bits per heavy atom. The van der Waals surface area contributed by atoms with Gasteiger partial charge in [-0.1, -0.05) is 5.16 Å². The lowest BCUT2D eigenvalue weighted by Crippen LogP contribution is -2.41. The van der Waals surface area contributed by atoms with Gasteiger partial charge in [0.2, 0.25) is 5.91 Å². The van der Waals surface area contributed by atoms with Gasteiger partial charge in [0.25, 0.3) is 5.91 Å². The maximum absolute atomic E-state index is 12.4. The molecule has 1 saturated heterocycles.